The number of aliphatic hydroxyl groups is 1. The summed E-state index contributed by atoms with van der Waals surface area (Å²) in [5, 5.41) is 12.9. The fourth-order valence-electron chi connectivity index (χ4n) is 0.674. The van der Waals surface area contributed by atoms with Crippen LogP contribution in [0.15, 0.2) is 0 Å². The lowest BCUT2D eigenvalue weighted by atomic mass is 10.3. The Balaban J connectivity index is 3.50. The molecule has 0 saturated heterocycles. The Kier molecular flexibility index (Phi) is 5.48. The van der Waals surface area contributed by atoms with Gasteiger partial charge in [-0.1, -0.05) is 0 Å². The molecule has 0 aromatic rings. The second-order valence-electron chi connectivity index (χ2n) is 2.57. The number of hydrogen-bond acceptors (Lipinski definition) is 3. The molecule has 0 aromatic carbocycles. The summed E-state index contributed by atoms with van der Waals surface area (Å²) in [5.41, 5.74) is 0. The molecular weight excluding hydrogens is 182 g/mol. The summed E-state index contributed by atoms with van der Waals surface area (Å²) < 4.78 is 24.7. The van der Waals surface area contributed by atoms with E-state index in [9.17, 15) is 13.6 Å². The van der Waals surface area contributed by atoms with Gasteiger partial charge in [-0.15, -0.1) is 0 Å². The van der Waals surface area contributed by atoms with Crippen molar-refractivity contribution in [3.63, 3.8) is 0 Å². The van der Waals surface area contributed by atoms with Crippen LogP contribution in [0.1, 0.15) is 6.92 Å². The summed E-state index contributed by atoms with van der Waals surface area (Å²) in [4.78, 5) is 10.7. The SMILES string of the molecule is CCNC(=O)CNCC(F)(F)CO. The predicted molar refractivity (Wildman–Crippen MR) is 43.6 cm³/mol. The molecule has 6 heteroatoms. The lowest BCUT2D eigenvalue weighted by molar-refractivity contribution is -0.120. The Morgan fingerprint density at radius 1 is 1.54 bits per heavy atom. The summed E-state index contributed by atoms with van der Waals surface area (Å²) in [7, 11) is 0. The maximum absolute atomic E-state index is 12.3. The number of nitrogens with one attached hydrogen (secondary N) is 2. The smallest absolute Gasteiger partial charge is 0.282 e. The molecule has 1 amide bonds. The van der Waals surface area contributed by atoms with Gasteiger partial charge in [0.15, 0.2) is 0 Å². The molecule has 0 unspecified atom stereocenters. The van der Waals surface area contributed by atoms with Gasteiger partial charge in [-0.05, 0) is 6.92 Å². The van der Waals surface area contributed by atoms with E-state index in [1.807, 2.05) is 0 Å². The first kappa shape index (κ1) is 12.2. The first-order valence-corrected chi connectivity index (χ1v) is 3.98. The maximum Gasteiger partial charge on any atom is 0.282 e. The van der Waals surface area contributed by atoms with Gasteiger partial charge in [0, 0.05) is 6.54 Å². The number of carbonyl (C=O) groups is 1. The van der Waals surface area contributed by atoms with E-state index in [4.69, 9.17) is 5.11 Å². The van der Waals surface area contributed by atoms with Crippen molar-refractivity contribution in [1.82, 2.24) is 10.6 Å². The first-order valence-electron chi connectivity index (χ1n) is 3.98. The zero-order chi connectivity index (χ0) is 10.3. The van der Waals surface area contributed by atoms with Gasteiger partial charge >= 0.3 is 0 Å². The van der Waals surface area contributed by atoms with E-state index >= 15 is 0 Å². The first-order chi connectivity index (χ1) is 6.02. The second kappa shape index (κ2) is 5.82. The molecule has 0 heterocycles. The number of alkyl halides is 2. The number of amides is 1. The molecule has 0 aromatic heterocycles. The monoisotopic (exact) mass is 196 g/mol. The highest BCUT2D eigenvalue weighted by Crippen LogP contribution is 2.09. The lowest BCUT2D eigenvalue weighted by Crippen LogP contribution is -2.41. The van der Waals surface area contributed by atoms with Crippen LogP contribution in [-0.4, -0.2) is 43.2 Å². The average molecular weight is 196 g/mol. The van der Waals surface area contributed by atoms with E-state index in [0.717, 1.165) is 0 Å². The van der Waals surface area contributed by atoms with E-state index in [1.54, 1.807) is 6.92 Å². The third-order valence-electron chi connectivity index (χ3n) is 1.27. The molecule has 0 aliphatic heterocycles. The van der Waals surface area contributed by atoms with E-state index in [2.05, 4.69) is 10.6 Å². The van der Waals surface area contributed by atoms with Crippen molar-refractivity contribution in [2.24, 2.45) is 0 Å². The van der Waals surface area contributed by atoms with Crippen LogP contribution in [0.5, 0.6) is 0 Å². The van der Waals surface area contributed by atoms with E-state index in [0.29, 0.717) is 6.54 Å². The molecule has 0 radical (unpaired) electrons. The summed E-state index contributed by atoms with van der Waals surface area (Å²) >= 11 is 0. The highest BCUT2D eigenvalue weighted by atomic mass is 19.3. The van der Waals surface area contributed by atoms with Crippen LogP contribution >= 0.6 is 0 Å². The molecule has 0 spiro atoms. The van der Waals surface area contributed by atoms with Crippen molar-refractivity contribution in [2.75, 3.05) is 26.2 Å². The van der Waals surface area contributed by atoms with Gasteiger partial charge in [-0.2, -0.15) is 0 Å². The van der Waals surface area contributed by atoms with Gasteiger partial charge in [-0.25, -0.2) is 8.78 Å². The van der Waals surface area contributed by atoms with E-state index in [-0.39, 0.29) is 12.5 Å². The number of hydrogen-bond donors (Lipinski definition) is 3. The van der Waals surface area contributed by atoms with Gasteiger partial charge in [0.2, 0.25) is 5.91 Å². The Morgan fingerprint density at radius 3 is 2.62 bits per heavy atom. The van der Waals surface area contributed by atoms with Gasteiger partial charge < -0.3 is 15.7 Å². The Bertz CT molecular complexity index is 165. The number of aliphatic hydroxyl groups excluding tert-OH is 1. The van der Waals surface area contributed by atoms with E-state index in [1.165, 1.54) is 0 Å². The van der Waals surface area contributed by atoms with Crippen molar-refractivity contribution >= 4 is 5.91 Å². The third-order valence-corrected chi connectivity index (χ3v) is 1.27. The van der Waals surface area contributed by atoms with Crippen LogP contribution < -0.4 is 10.6 Å². The fourth-order valence-corrected chi connectivity index (χ4v) is 0.674. The predicted octanol–water partition coefficient (Wildman–Crippen LogP) is -0.660. The second-order valence-corrected chi connectivity index (χ2v) is 2.57. The lowest BCUT2D eigenvalue weighted by Gasteiger charge is -2.13. The molecular formula is C7H14F2N2O2. The minimum atomic E-state index is -3.16. The van der Waals surface area contributed by atoms with Crippen molar-refractivity contribution in [3.8, 4) is 0 Å². The topological polar surface area (TPSA) is 61.4 Å². The van der Waals surface area contributed by atoms with Crippen molar-refractivity contribution in [3.05, 3.63) is 0 Å². The largest absolute Gasteiger partial charge is 0.390 e. The van der Waals surface area contributed by atoms with Crippen LogP contribution in [-0.2, 0) is 4.79 Å². The molecule has 3 N–H and O–H groups in total. The zero-order valence-electron chi connectivity index (χ0n) is 7.44. The van der Waals surface area contributed by atoms with Gasteiger partial charge in [0.1, 0.15) is 6.61 Å². The van der Waals surface area contributed by atoms with Crippen molar-refractivity contribution in [2.45, 2.75) is 12.8 Å². The number of likely N-dealkylation sites (N-methyl/N-ethyl adjacent to an activating group) is 1. The van der Waals surface area contributed by atoms with Crippen LogP contribution in [0.3, 0.4) is 0 Å². The number of halogens is 2. The van der Waals surface area contributed by atoms with Crippen molar-refractivity contribution in [1.29, 1.82) is 0 Å². The highest BCUT2D eigenvalue weighted by molar-refractivity contribution is 5.77. The summed E-state index contributed by atoms with van der Waals surface area (Å²) in [6.45, 7) is 0.136. The molecule has 0 aliphatic rings. The van der Waals surface area contributed by atoms with Crippen molar-refractivity contribution < 1.29 is 18.7 Å². The molecule has 0 bridgehead atoms. The van der Waals surface area contributed by atoms with E-state index < -0.39 is 19.1 Å². The molecule has 0 fully saturated rings. The molecule has 4 nitrogen and oxygen atoms in total. The molecule has 13 heavy (non-hydrogen) atoms. The zero-order valence-corrected chi connectivity index (χ0v) is 7.44. The molecule has 0 saturated carbocycles. The standard InChI is InChI=1S/C7H14F2N2O2/c1-2-11-6(13)3-10-4-7(8,9)5-12/h10,12H,2-5H2,1H3,(H,11,13). The molecule has 0 atom stereocenters. The maximum atomic E-state index is 12.3. The molecule has 78 valence electrons. The minimum absolute atomic E-state index is 0.163. The van der Waals surface area contributed by atoms with Crippen LogP contribution in [0.25, 0.3) is 0 Å². The fraction of sp³-hybridized carbons (Fsp3) is 0.857. The normalized spacial score (nSPS) is 11.4. The average Bonchev–Trinajstić information content (AvgIpc) is 2.05. The third kappa shape index (κ3) is 6.41. The summed E-state index contributed by atoms with van der Waals surface area (Å²) in [5.74, 6) is -3.50. The number of rotatable bonds is 6. The minimum Gasteiger partial charge on any atom is -0.390 e. The van der Waals surface area contributed by atoms with Gasteiger partial charge in [-0.3, -0.25) is 4.79 Å². The Hall–Kier alpha value is -0.750. The Labute approximate surface area is 75.3 Å². The van der Waals surface area contributed by atoms with Crippen LogP contribution in [0.2, 0.25) is 0 Å². The van der Waals surface area contributed by atoms with Crippen LogP contribution in [0.4, 0.5) is 8.78 Å². The molecule has 0 aliphatic carbocycles. The van der Waals surface area contributed by atoms with Gasteiger partial charge in [0.05, 0.1) is 13.1 Å². The quantitative estimate of drug-likeness (QED) is 0.528. The Morgan fingerprint density at radius 2 is 2.15 bits per heavy atom. The highest BCUT2D eigenvalue weighted by Gasteiger charge is 2.26. The molecule has 0 rings (SSSR count). The van der Waals surface area contributed by atoms with Gasteiger partial charge in [0.25, 0.3) is 5.92 Å². The summed E-state index contributed by atoms with van der Waals surface area (Å²) in [6.07, 6.45) is 0. The van der Waals surface area contributed by atoms with Crippen LogP contribution in [0, 0.1) is 0 Å². The number of carbonyl (C=O) groups excluding carboxylic acids is 1. The summed E-state index contributed by atoms with van der Waals surface area (Å²) in [6, 6.07) is 0.